The van der Waals surface area contributed by atoms with Crippen LogP contribution in [-0.4, -0.2) is 54.8 Å². The number of aryl methyl sites for hydroxylation is 2. The molecule has 2 heterocycles. The third-order valence-corrected chi connectivity index (χ3v) is 8.95. The van der Waals surface area contributed by atoms with Gasteiger partial charge in [-0.15, -0.1) is 11.3 Å². The lowest BCUT2D eigenvalue weighted by Crippen LogP contribution is -2.50. The Morgan fingerprint density at radius 3 is 2.62 bits per heavy atom. The average Bonchev–Trinajstić information content (AvgIpc) is 3.12. The van der Waals surface area contributed by atoms with E-state index in [-0.39, 0.29) is 29.6 Å². The Kier molecular flexibility index (Phi) is 5.44. The second-order valence-electron chi connectivity index (χ2n) is 8.07. The molecule has 1 aromatic heterocycles. The van der Waals surface area contributed by atoms with E-state index in [1.807, 2.05) is 6.07 Å². The van der Waals surface area contributed by atoms with Gasteiger partial charge in [0.1, 0.15) is 10.6 Å². The first-order chi connectivity index (χ1) is 13.8. The Hall–Kier alpha value is -1.90. The van der Waals surface area contributed by atoms with Crippen molar-refractivity contribution in [1.29, 1.82) is 0 Å². The van der Waals surface area contributed by atoms with Crippen molar-refractivity contribution in [3.63, 3.8) is 0 Å². The van der Waals surface area contributed by atoms with Crippen LogP contribution in [0.4, 0.5) is 0 Å². The van der Waals surface area contributed by atoms with Crippen molar-refractivity contribution in [2.45, 2.75) is 38.0 Å². The van der Waals surface area contributed by atoms with Gasteiger partial charge in [-0.1, -0.05) is 13.0 Å². The van der Waals surface area contributed by atoms with Gasteiger partial charge < -0.3 is 10.0 Å². The number of piperazine rings is 1. The van der Waals surface area contributed by atoms with Crippen LogP contribution in [0.5, 0.6) is 5.75 Å². The van der Waals surface area contributed by atoms with Crippen molar-refractivity contribution >= 4 is 27.3 Å². The molecule has 6 nitrogen and oxygen atoms in total. The minimum Gasteiger partial charge on any atom is -0.507 e. The maximum absolute atomic E-state index is 13.0. The number of fused-ring (bicyclic) bond motifs is 1. The van der Waals surface area contributed by atoms with E-state index < -0.39 is 10.0 Å². The lowest BCUT2D eigenvalue weighted by molar-refractivity contribution is 0.0702. The normalized spacial score (nSPS) is 20.5. The molecule has 0 spiro atoms. The summed E-state index contributed by atoms with van der Waals surface area (Å²) in [5.41, 5.74) is 2.07. The molecule has 0 saturated carbocycles. The van der Waals surface area contributed by atoms with Crippen LogP contribution < -0.4 is 0 Å². The summed E-state index contributed by atoms with van der Waals surface area (Å²) in [4.78, 5) is 16.7. The zero-order valence-electron chi connectivity index (χ0n) is 16.7. The van der Waals surface area contributed by atoms with E-state index in [4.69, 9.17) is 0 Å². The number of thiophene rings is 1. The lowest BCUT2D eigenvalue weighted by Gasteiger charge is -2.33. The molecule has 1 atom stereocenters. The molecule has 1 amide bonds. The molecule has 4 rings (SSSR count). The number of aromatic hydroxyl groups is 1. The maximum atomic E-state index is 13.0. The minimum absolute atomic E-state index is 0.00694. The molecule has 0 radical (unpaired) electrons. The Labute approximate surface area is 175 Å². The van der Waals surface area contributed by atoms with Gasteiger partial charge in [0.25, 0.3) is 5.91 Å². The summed E-state index contributed by atoms with van der Waals surface area (Å²) in [6.07, 6.45) is 3.25. The largest absolute Gasteiger partial charge is 0.507 e. The Balaban J connectivity index is 1.45. The predicted molar refractivity (Wildman–Crippen MR) is 113 cm³/mol. The quantitative estimate of drug-likeness (QED) is 0.806. The first-order valence-electron chi connectivity index (χ1n) is 9.96. The molecule has 1 aliphatic heterocycles. The molecular weight excluding hydrogens is 408 g/mol. The zero-order valence-corrected chi connectivity index (χ0v) is 18.4. The number of hydrogen-bond donors (Lipinski definition) is 1. The van der Waals surface area contributed by atoms with Gasteiger partial charge in [-0.3, -0.25) is 4.79 Å². The van der Waals surface area contributed by atoms with Crippen LogP contribution in [-0.2, 0) is 22.9 Å². The Morgan fingerprint density at radius 2 is 1.90 bits per heavy atom. The fourth-order valence-corrected chi connectivity index (χ4v) is 6.83. The fourth-order valence-electron chi connectivity index (χ4n) is 4.07. The fraction of sp³-hybridized carbons (Fsp3) is 0.476. The minimum atomic E-state index is -3.79. The molecule has 2 aliphatic rings. The number of carbonyl (C=O) groups excluding carboxylic acids is 1. The van der Waals surface area contributed by atoms with E-state index in [1.54, 1.807) is 29.2 Å². The topological polar surface area (TPSA) is 77.9 Å². The average molecular weight is 435 g/mol. The number of phenolic OH excluding ortho intramolecular Hbond substituents is 1. The molecule has 8 heteroatoms. The van der Waals surface area contributed by atoms with Crippen molar-refractivity contribution in [2.24, 2.45) is 5.92 Å². The van der Waals surface area contributed by atoms with Crippen LogP contribution in [0.15, 0.2) is 29.2 Å². The summed E-state index contributed by atoms with van der Waals surface area (Å²) in [6, 6.07) is 6.60. The number of benzene rings is 1. The van der Waals surface area contributed by atoms with Gasteiger partial charge in [0.2, 0.25) is 10.0 Å². The second kappa shape index (κ2) is 7.74. The summed E-state index contributed by atoms with van der Waals surface area (Å²) in [6.45, 7) is 5.19. The molecule has 1 aliphatic carbocycles. The molecule has 1 N–H and O–H groups in total. The molecule has 29 heavy (non-hydrogen) atoms. The molecule has 156 valence electrons. The SMILES string of the molecule is Cc1ccc(O)c(S(=O)(=O)N2CCN(C(=O)c3cc4c(s3)CCC(C)C4)CC2)c1. The van der Waals surface area contributed by atoms with Gasteiger partial charge in [0.15, 0.2) is 0 Å². The Bertz CT molecular complexity index is 1040. The number of rotatable bonds is 3. The molecule has 0 bridgehead atoms. The van der Waals surface area contributed by atoms with Gasteiger partial charge in [0.05, 0.1) is 4.88 Å². The number of hydrogen-bond acceptors (Lipinski definition) is 5. The summed E-state index contributed by atoms with van der Waals surface area (Å²) in [7, 11) is -3.79. The standard InChI is InChI=1S/C21H26N2O4S2/c1-14-4-6-18-16(11-14)13-19(28-18)21(25)22-7-9-23(10-8-22)29(26,27)20-12-15(2)3-5-17(20)24/h3,5,12-14,24H,4,6-11H2,1-2H3. The molecule has 1 saturated heterocycles. The van der Waals surface area contributed by atoms with Crippen molar-refractivity contribution in [3.8, 4) is 5.75 Å². The number of amides is 1. The number of carbonyl (C=O) groups is 1. The highest BCUT2D eigenvalue weighted by molar-refractivity contribution is 7.89. The predicted octanol–water partition coefficient (Wildman–Crippen LogP) is 3.03. The van der Waals surface area contributed by atoms with Crippen LogP contribution in [0.2, 0.25) is 0 Å². The van der Waals surface area contributed by atoms with Crippen LogP contribution in [0, 0.1) is 12.8 Å². The van der Waals surface area contributed by atoms with E-state index >= 15 is 0 Å². The number of nitrogens with zero attached hydrogens (tertiary/aromatic N) is 2. The summed E-state index contributed by atoms with van der Waals surface area (Å²) >= 11 is 1.59. The molecular formula is C21H26N2O4S2. The van der Waals surface area contributed by atoms with Crippen molar-refractivity contribution in [3.05, 3.63) is 45.1 Å². The third-order valence-electron chi connectivity index (χ3n) is 5.80. The highest BCUT2D eigenvalue weighted by Gasteiger charge is 2.33. The molecule has 1 unspecified atom stereocenters. The summed E-state index contributed by atoms with van der Waals surface area (Å²) in [5.74, 6) is 0.409. The maximum Gasteiger partial charge on any atom is 0.264 e. The van der Waals surface area contributed by atoms with Crippen LogP contribution in [0.1, 0.15) is 39.0 Å². The van der Waals surface area contributed by atoms with Gasteiger partial charge in [-0.2, -0.15) is 4.31 Å². The third kappa shape index (κ3) is 3.93. The summed E-state index contributed by atoms with van der Waals surface area (Å²) < 4.78 is 27.2. The van der Waals surface area contributed by atoms with Crippen molar-refractivity contribution in [1.82, 2.24) is 9.21 Å². The molecule has 1 fully saturated rings. The summed E-state index contributed by atoms with van der Waals surface area (Å²) in [5, 5.41) is 10.0. The highest BCUT2D eigenvalue weighted by Crippen LogP contribution is 2.33. The first kappa shape index (κ1) is 20.4. The zero-order chi connectivity index (χ0) is 20.8. The lowest BCUT2D eigenvalue weighted by atomic mass is 9.90. The number of sulfonamides is 1. The van der Waals surface area contributed by atoms with Crippen molar-refractivity contribution < 1.29 is 18.3 Å². The van der Waals surface area contributed by atoms with Crippen LogP contribution in [0.3, 0.4) is 0 Å². The second-order valence-corrected chi connectivity index (χ2v) is 11.1. The van der Waals surface area contributed by atoms with Crippen LogP contribution in [0.25, 0.3) is 0 Å². The van der Waals surface area contributed by atoms with Gasteiger partial charge in [0, 0.05) is 31.1 Å². The van der Waals surface area contributed by atoms with E-state index in [1.165, 1.54) is 33.3 Å². The van der Waals surface area contributed by atoms with E-state index in [9.17, 15) is 18.3 Å². The smallest absolute Gasteiger partial charge is 0.264 e. The Morgan fingerprint density at radius 1 is 1.17 bits per heavy atom. The first-order valence-corrected chi connectivity index (χ1v) is 12.2. The van der Waals surface area contributed by atoms with Crippen molar-refractivity contribution in [2.75, 3.05) is 26.2 Å². The molecule has 2 aromatic rings. The van der Waals surface area contributed by atoms with E-state index in [0.717, 1.165) is 23.3 Å². The van der Waals surface area contributed by atoms with Gasteiger partial charge >= 0.3 is 0 Å². The van der Waals surface area contributed by atoms with E-state index in [2.05, 4.69) is 6.92 Å². The highest BCUT2D eigenvalue weighted by atomic mass is 32.2. The van der Waals surface area contributed by atoms with Crippen LogP contribution >= 0.6 is 11.3 Å². The molecule has 1 aromatic carbocycles. The van der Waals surface area contributed by atoms with E-state index in [0.29, 0.717) is 19.0 Å². The number of phenols is 1. The van der Waals surface area contributed by atoms with Gasteiger partial charge in [-0.25, -0.2) is 8.42 Å². The van der Waals surface area contributed by atoms with Gasteiger partial charge in [-0.05, 0) is 61.4 Å². The monoisotopic (exact) mass is 434 g/mol.